The van der Waals surface area contributed by atoms with E-state index >= 15 is 0 Å². The number of alkyl halides is 3. The molecule has 2 heterocycles. The van der Waals surface area contributed by atoms with E-state index in [1.807, 2.05) is 24.3 Å². The van der Waals surface area contributed by atoms with Crippen LogP contribution in [0.15, 0.2) is 41.0 Å². The van der Waals surface area contributed by atoms with Gasteiger partial charge in [-0.05, 0) is 36.6 Å². The van der Waals surface area contributed by atoms with Gasteiger partial charge in [0.25, 0.3) is 0 Å². The fraction of sp³-hybridized carbons (Fsp3) is 0.190. The minimum absolute atomic E-state index is 0.221. The molecule has 0 unspecified atom stereocenters. The fourth-order valence-corrected chi connectivity index (χ4v) is 3.40. The number of furan rings is 1. The molecule has 0 saturated carbocycles. The number of nitrogen functional groups attached to an aromatic ring is 1. The topological polar surface area (TPSA) is 122 Å². The van der Waals surface area contributed by atoms with E-state index in [2.05, 4.69) is 11.1 Å². The molecule has 1 aliphatic rings. The van der Waals surface area contributed by atoms with Gasteiger partial charge in [0, 0.05) is 16.7 Å². The molecule has 0 fully saturated rings. The molecule has 1 aromatic carbocycles. The van der Waals surface area contributed by atoms with E-state index in [4.69, 9.17) is 24.8 Å². The van der Waals surface area contributed by atoms with Crippen LogP contribution in [0.3, 0.4) is 0 Å². The molecule has 0 radical (unpaired) electrons. The lowest BCUT2D eigenvalue weighted by Gasteiger charge is -2.24. The Bertz CT molecular complexity index is 1170. The Labute approximate surface area is 174 Å². The lowest BCUT2D eigenvalue weighted by molar-refractivity contribution is -0.192. The molecule has 31 heavy (non-hydrogen) atoms. The Kier molecular flexibility index (Phi) is 5.88. The number of carboxylic acids is 1. The molecular formula is C21H16F3N3O4. The molecule has 160 valence electrons. The third kappa shape index (κ3) is 4.16. The van der Waals surface area contributed by atoms with Crippen LogP contribution >= 0.6 is 0 Å². The molecular weight excluding hydrogens is 415 g/mol. The highest BCUT2D eigenvalue weighted by molar-refractivity contribution is 5.85. The number of hydrogen-bond acceptors (Lipinski definition) is 6. The second-order valence-electron chi connectivity index (χ2n) is 6.45. The van der Waals surface area contributed by atoms with Crippen LogP contribution in [0.25, 0.3) is 22.6 Å². The van der Waals surface area contributed by atoms with Crippen molar-refractivity contribution in [1.29, 1.82) is 5.26 Å². The third-order valence-corrected chi connectivity index (χ3v) is 4.68. The van der Waals surface area contributed by atoms with E-state index in [1.54, 1.807) is 19.4 Å². The Hall–Kier alpha value is -4.00. The van der Waals surface area contributed by atoms with Gasteiger partial charge in [-0.2, -0.15) is 18.4 Å². The summed E-state index contributed by atoms with van der Waals surface area (Å²) < 4.78 is 42.8. The number of anilines is 1. The van der Waals surface area contributed by atoms with Gasteiger partial charge in [0.05, 0.1) is 19.1 Å². The highest BCUT2D eigenvalue weighted by atomic mass is 19.4. The van der Waals surface area contributed by atoms with E-state index in [0.717, 1.165) is 46.5 Å². The first-order valence-electron chi connectivity index (χ1n) is 8.91. The number of benzene rings is 1. The first-order chi connectivity index (χ1) is 14.7. The molecule has 3 N–H and O–H groups in total. The molecule has 0 amide bonds. The van der Waals surface area contributed by atoms with Crippen molar-refractivity contribution in [3.63, 3.8) is 0 Å². The minimum Gasteiger partial charge on any atom is -0.496 e. The number of rotatable bonds is 2. The van der Waals surface area contributed by atoms with Crippen LogP contribution in [-0.4, -0.2) is 29.3 Å². The van der Waals surface area contributed by atoms with Crippen LogP contribution in [0.1, 0.15) is 16.7 Å². The summed E-state index contributed by atoms with van der Waals surface area (Å²) in [4.78, 5) is 13.4. The van der Waals surface area contributed by atoms with E-state index in [1.165, 1.54) is 0 Å². The number of fused-ring (bicyclic) bond motifs is 3. The van der Waals surface area contributed by atoms with Crippen LogP contribution in [0.2, 0.25) is 0 Å². The Morgan fingerprint density at radius 2 is 1.94 bits per heavy atom. The summed E-state index contributed by atoms with van der Waals surface area (Å²) in [5.74, 6) is -1.04. The van der Waals surface area contributed by atoms with Gasteiger partial charge in [0.15, 0.2) is 0 Å². The van der Waals surface area contributed by atoms with Gasteiger partial charge in [-0.25, -0.2) is 9.78 Å². The predicted molar refractivity (Wildman–Crippen MR) is 104 cm³/mol. The van der Waals surface area contributed by atoms with Crippen LogP contribution in [0, 0.1) is 11.3 Å². The number of aromatic nitrogens is 1. The standard InChI is InChI=1S/C19H15N3O2.C2HF3O2/c1-23-15-5-2-4-12-11(15)7-8-13-17(16-6-3-9-24-16)14(10-20)19(21)22-18(12)13;3-2(4,5)1(6)7/h2-6,9H,7-8H2,1H3,(H2,21,22);(H,6,7). The number of carbonyl (C=O) groups is 1. The lowest BCUT2D eigenvalue weighted by atomic mass is 9.84. The summed E-state index contributed by atoms with van der Waals surface area (Å²) in [5, 5.41) is 16.7. The van der Waals surface area contributed by atoms with Crippen molar-refractivity contribution in [2.75, 3.05) is 12.8 Å². The van der Waals surface area contributed by atoms with Crippen molar-refractivity contribution in [3.05, 3.63) is 53.3 Å². The van der Waals surface area contributed by atoms with Crippen molar-refractivity contribution in [1.82, 2.24) is 4.98 Å². The summed E-state index contributed by atoms with van der Waals surface area (Å²) in [6.45, 7) is 0. The normalized spacial score (nSPS) is 12.0. The van der Waals surface area contributed by atoms with Gasteiger partial charge in [0.1, 0.15) is 29.0 Å². The van der Waals surface area contributed by atoms with Crippen LogP contribution < -0.4 is 10.5 Å². The number of pyridine rings is 1. The molecule has 7 nitrogen and oxygen atoms in total. The number of ether oxygens (including phenoxy) is 1. The minimum atomic E-state index is -5.08. The highest BCUT2D eigenvalue weighted by Crippen LogP contribution is 2.43. The van der Waals surface area contributed by atoms with Crippen molar-refractivity contribution in [2.24, 2.45) is 0 Å². The molecule has 0 saturated heterocycles. The van der Waals surface area contributed by atoms with Gasteiger partial charge in [-0.3, -0.25) is 0 Å². The van der Waals surface area contributed by atoms with Crippen LogP contribution in [-0.2, 0) is 17.6 Å². The van der Waals surface area contributed by atoms with Gasteiger partial charge >= 0.3 is 12.1 Å². The zero-order valence-electron chi connectivity index (χ0n) is 16.2. The maximum Gasteiger partial charge on any atom is 0.490 e. The van der Waals surface area contributed by atoms with Crippen LogP contribution in [0.5, 0.6) is 5.75 Å². The third-order valence-electron chi connectivity index (χ3n) is 4.68. The molecule has 0 bridgehead atoms. The maximum absolute atomic E-state index is 10.6. The highest BCUT2D eigenvalue weighted by Gasteiger charge is 2.38. The van der Waals surface area contributed by atoms with Gasteiger partial charge in [-0.1, -0.05) is 12.1 Å². The number of nitriles is 1. The number of halogens is 3. The molecule has 3 aromatic rings. The van der Waals surface area contributed by atoms with Gasteiger partial charge < -0.3 is 20.0 Å². The van der Waals surface area contributed by atoms with Gasteiger partial charge in [-0.15, -0.1) is 0 Å². The van der Waals surface area contributed by atoms with Crippen molar-refractivity contribution < 1.29 is 32.2 Å². The average Bonchev–Trinajstić information content (AvgIpc) is 3.26. The largest absolute Gasteiger partial charge is 0.496 e. The zero-order chi connectivity index (χ0) is 22.8. The summed E-state index contributed by atoms with van der Waals surface area (Å²) in [6, 6.07) is 11.7. The summed E-state index contributed by atoms with van der Waals surface area (Å²) in [6.07, 6.45) is -1.92. The predicted octanol–water partition coefficient (Wildman–Crippen LogP) is 4.20. The molecule has 2 aromatic heterocycles. The van der Waals surface area contributed by atoms with E-state index in [-0.39, 0.29) is 5.82 Å². The number of nitrogens with two attached hydrogens (primary N) is 1. The zero-order valence-corrected chi connectivity index (χ0v) is 16.2. The number of methoxy groups -OCH3 is 1. The fourth-order valence-electron chi connectivity index (χ4n) is 3.40. The number of carboxylic acid groups (broad SMARTS) is 1. The first kappa shape index (κ1) is 21.7. The SMILES string of the molecule is COc1cccc2c1CCc1c-2nc(N)c(C#N)c1-c1ccco1.O=C(O)C(F)(F)F. The van der Waals surface area contributed by atoms with E-state index in [0.29, 0.717) is 11.3 Å². The number of aliphatic carboxylic acids is 1. The maximum atomic E-state index is 10.6. The monoisotopic (exact) mass is 431 g/mol. The van der Waals surface area contributed by atoms with Gasteiger partial charge in [0.2, 0.25) is 0 Å². The molecule has 0 atom stereocenters. The molecule has 4 rings (SSSR count). The number of hydrogen-bond donors (Lipinski definition) is 2. The van der Waals surface area contributed by atoms with Crippen molar-refractivity contribution in [3.8, 4) is 34.4 Å². The van der Waals surface area contributed by atoms with Crippen molar-refractivity contribution >= 4 is 11.8 Å². The molecule has 10 heteroatoms. The second-order valence-corrected chi connectivity index (χ2v) is 6.45. The second kappa shape index (κ2) is 8.39. The van der Waals surface area contributed by atoms with E-state index in [9.17, 15) is 18.4 Å². The summed E-state index contributed by atoms with van der Waals surface area (Å²) in [7, 11) is 1.67. The number of nitrogens with zero attached hydrogens (tertiary/aromatic N) is 2. The summed E-state index contributed by atoms with van der Waals surface area (Å²) in [5.41, 5.74) is 11.1. The first-order valence-corrected chi connectivity index (χ1v) is 8.91. The smallest absolute Gasteiger partial charge is 0.490 e. The van der Waals surface area contributed by atoms with Crippen LogP contribution in [0.4, 0.5) is 19.0 Å². The molecule has 0 aliphatic heterocycles. The Morgan fingerprint density at radius 1 is 1.26 bits per heavy atom. The quantitative estimate of drug-likeness (QED) is 0.623. The average molecular weight is 431 g/mol. The lowest BCUT2D eigenvalue weighted by Crippen LogP contribution is -2.21. The van der Waals surface area contributed by atoms with Crippen molar-refractivity contribution in [2.45, 2.75) is 19.0 Å². The summed E-state index contributed by atoms with van der Waals surface area (Å²) >= 11 is 0. The Balaban J connectivity index is 0.000000339. The molecule has 0 spiro atoms. The Morgan fingerprint density at radius 3 is 2.48 bits per heavy atom. The van der Waals surface area contributed by atoms with E-state index < -0.39 is 12.1 Å². The molecule has 1 aliphatic carbocycles.